The number of Topliss-reactive ketones (excluding diaryl/α,β-unsaturated/α-hetero) is 1. The highest BCUT2D eigenvalue weighted by Gasteiger charge is 2.39. The number of pyridine rings is 1. The number of aromatic nitrogens is 7. The molecule has 0 spiro atoms. The number of nitrogens with one attached hydrogen (secondary N) is 1. The number of likely N-dealkylation sites (tertiary alicyclic amines) is 1. The summed E-state index contributed by atoms with van der Waals surface area (Å²) < 4.78 is 42.4. The molecular formula is C29H27ClF3N9O5. The van der Waals surface area contributed by atoms with Crippen molar-refractivity contribution in [1.29, 1.82) is 0 Å². The van der Waals surface area contributed by atoms with Crippen LogP contribution in [0.4, 0.5) is 13.2 Å². The summed E-state index contributed by atoms with van der Waals surface area (Å²) in [7, 11) is 0. The lowest BCUT2D eigenvalue weighted by Gasteiger charge is -2.25. The molecule has 0 unspecified atom stereocenters. The van der Waals surface area contributed by atoms with Gasteiger partial charge in [0.05, 0.1) is 18.7 Å². The summed E-state index contributed by atoms with van der Waals surface area (Å²) in [6.45, 7) is -1.56. The Hall–Kier alpha value is -4.90. The van der Waals surface area contributed by atoms with Crippen molar-refractivity contribution in [3.63, 3.8) is 0 Å². The van der Waals surface area contributed by atoms with Crippen molar-refractivity contribution in [2.45, 2.75) is 57.1 Å². The molecule has 1 aromatic carbocycles. The zero-order valence-corrected chi connectivity index (χ0v) is 25.3. The van der Waals surface area contributed by atoms with E-state index in [-0.39, 0.29) is 59.3 Å². The fraction of sp³-hybridized carbons (Fsp3) is 0.379. The molecule has 1 saturated heterocycles. The minimum Gasteiger partial charge on any atom is -0.382 e. The highest BCUT2D eigenvalue weighted by Crippen LogP contribution is 2.25. The number of alkyl halides is 3. The first-order chi connectivity index (χ1) is 22.4. The first-order valence-electron chi connectivity index (χ1n) is 14.6. The van der Waals surface area contributed by atoms with Crippen molar-refractivity contribution >= 4 is 29.2 Å². The number of nitrogens with zero attached hydrogens (tertiary/aromatic N) is 8. The van der Waals surface area contributed by atoms with E-state index >= 15 is 0 Å². The summed E-state index contributed by atoms with van der Waals surface area (Å²) in [4.78, 5) is 62.3. The van der Waals surface area contributed by atoms with Crippen molar-refractivity contribution in [3.05, 3.63) is 75.3 Å². The third-order valence-electron chi connectivity index (χ3n) is 7.57. The van der Waals surface area contributed by atoms with Gasteiger partial charge in [-0.05, 0) is 55.7 Å². The third kappa shape index (κ3) is 6.95. The summed E-state index contributed by atoms with van der Waals surface area (Å²) in [6.07, 6.45) is -4.10. The van der Waals surface area contributed by atoms with E-state index in [1.165, 1.54) is 47.5 Å². The first-order valence-corrected chi connectivity index (χ1v) is 15.0. The number of hydrogen-bond acceptors (Lipinski definition) is 9. The molecule has 14 nitrogen and oxygen atoms in total. The smallest absolute Gasteiger partial charge is 0.382 e. The van der Waals surface area contributed by atoms with E-state index in [1.54, 1.807) is 0 Å². The average Bonchev–Trinajstić information content (AvgIpc) is 3.68. The molecule has 2 fully saturated rings. The van der Waals surface area contributed by atoms with Gasteiger partial charge in [0, 0.05) is 35.8 Å². The lowest BCUT2D eigenvalue weighted by Crippen LogP contribution is -2.41. The van der Waals surface area contributed by atoms with Crippen LogP contribution in [0.1, 0.15) is 52.5 Å². The lowest BCUT2D eigenvalue weighted by molar-refractivity contribution is -0.207. The molecule has 0 bridgehead atoms. The number of carbonyl (C=O) groups excluding carboxylic acids is 3. The zero-order valence-electron chi connectivity index (χ0n) is 24.5. The summed E-state index contributed by atoms with van der Waals surface area (Å²) in [5.41, 5.74) is -0.692. The van der Waals surface area contributed by atoms with Crippen molar-refractivity contribution in [1.82, 2.24) is 44.3 Å². The highest BCUT2D eigenvalue weighted by atomic mass is 35.5. The number of ketones is 1. The molecule has 1 saturated carbocycles. The van der Waals surface area contributed by atoms with Crippen molar-refractivity contribution in [2.24, 2.45) is 0 Å². The topological polar surface area (TPSA) is 170 Å². The average molecular weight is 674 g/mol. The molecule has 2 amide bonds. The fourth-order valence-electron chi connectivity index (χ4n) is 5.03. The Labute approximate surface area is 268 Å². The van der Waals surface area contributed by atoms with Gasteiger partial charge in [0.15, 0.2) is 29.4 Å². The SMILES string of the molecule is O=C1CCCN(C(=O)c2nc(Cn3nc(-c4ccc(Cl)cc4)n(C[C@H](O)C(F)(F)F)c3=O)nn2-c2ncccc2C(=O)NC2CC2)C1. The fourth-order valence-corrected chi connectivity index (χ4v) is 5.15. The Morgan fingerprint density at radius 3 is 2.53 bits per heavy atom. The molecule has 3 aromatic heterocycles. The normalized spacial score (nSPS) is 15.9. The van der Waals surface area contributed by atoms with Crippen LogP contribution in [0, 0.1) is 0 Å². The molecule has 4 heterocycles. The monoisotopic (exact) mass is 673 g/mol. The summed E-state index contributed by atoms with van der Waals surface area (Å²) in [5.74, 6) is -1.97. The molecule has 0 radical (unpaired) electrons. The second kappa shape index (κ2) is 12.7. The van der Waals surface area contributed by atoms with Crippen molar-refractivity contribution in [3.8, 4) is 17.2 Å². The number of carbonyl (C=O) groups is 3. The van der Waals surface area contributed by atoms with Gasteiger partial charge in [-0.3, -0.25) is 19.0 Å². The van der Waals surface area contributed by atoms with Gasteiger partial charge in [0.25, 0.3) is 11.8 Å². The number of hydrogen-bond donors (Lipinski definition) is 2. The predicted octanol–water partition coefficient (Wildman–Crippen LogP) is 2.01. The Balaban J connectivity index is 1.42. The largest absolute Gasteiger partial charge is 0.416 e. The number of aliphatic hydroxyl groups excluding tert-OH is 1. The molecule has 4 aromatic rings. The van der Waals surface area contributed by atoms with Gasteiger partial charge in [-0.15, -0.1) is 10.2 Å². The molecule has 1 atom stereocenters. The second-order valence-electron chi connectivity index (χ2n) is 11.2. The molecule has 1 aliphatic carbocycles. The van der Waals surface area contributed by atoms with Gasteiger partial charge in [-0.2, -0.15) is 17.9 Å². The van der Waals surface area contributed by atoms with Crippen LogP contribution in [0.15, 0.2) is 47.4 Å². The molecule has 18 heteroatoms. The molecule has 1 aliphatic heterocycles. The first kappa shape index (κ1) is 32.1. The van der Waals surface area contributed by atoms with E-state index in [0.717, 1.165) is 22.2 Å². The molecule has 2 N–H and O–H groups in total. The van der Waals surface area contributed by atoms with Crippen LogP contribution in [-0.4, -0.2) is 93.1 Å². The minimum absolute atomic E-state index is 0.00927. The summed E-state index contributed by atoms with van der Waals surface area (Å²) in [6, 6.07) is 8.86. The number of benzene rings is 1. The number of amides is 2. The predicted molar refractivity (Wildman–Crippen MR) is 158 cm³/mol. The van der Waals surface area contributed by atoms with E-state index in [1.807, 2.05) is 0 Å². The van der Waals surface area contributed by atoms with Crippen LogP contribution in [0.5, 0.6) is 0 Å². The van der Waals surface area contributed by atoms with Gasteiger partial charge in [0.1, 0.15) is 6.54 Å². The van der Waals surface area contributed by atoms with Crippen LogP contribution in [0.25, 0.3) is 17.2 Å². The second-order valence-corrected chi connectivity index (χ2v) is 11.6. The quantitative estimate of drug-likeness (QED) is 0.270. The zero-order chi connectivity index (χ0) is 33.5. The van der Waals surface area contributed by atoms with Gasteiger partial charge < -0.3 is 15.3 Å². The van der Waals surface area contributed by atoms with Crippen LogP contribution < -0.4 is 11.0 Å². The lowest BCUT2D eigenvalue weighted by atomic mass is 10.1. The van der Waals surface area contributed by atoms with Crippen molar-refractivity contribution in [2.75, 3.05) is 13.1 Å². The van der Waals surface area contributed by atoms with Gasteiger partial charge in [-0.1, -0.05) is 11.6 Å². The number of rotatable bonds is 9. The molecule has 2 aliphatic rings. The Kier molecular flexibility index (Phi) is 8.67. The maximum absolute atomic E-state index is 13.7. The molecule has 246 valence electrons. The maximum atomic E-state index is 13.7. The van der Waals surface area contributed by atoms with E-state index in [0.29, 0.717) is 22.4 Å². The van der Waals surface area contributed by atoms with Crippen LogP contribution in [0.2, 0.25) is 5.02 Å². The molecule has 47 heavy (non-hydrogen) atoms. The van der Waals surface area contributed by atoms with E-state index in [9.17, 15) is 37.5 Å². The van der Waals surface area contributed by atoms with Gasteiger partial charge in [-0.25, -0.2) is 19.4 Å². The number of halogens is 4. The van der Waals surface area contributed by atoms with E-state index in [4.69, 9.17) is 11.6 Å². The van der Waals surface area contributed by atoms with Crippen LogP contribution in [0.3, 0.4) is 0 Å². The van der Waals surface area contributed by atoms with Gasteiger partial charge >= 0.3 is 11.9 Å². The minimum atomic E-state index is -5.02. The Bertz CT molecular complexity index is 1900. The third-order valence-corrected chi connectivity index (χ3v) is 7.83. The standard InChI is InChI=1S/C29H27ClF3N9O5/c30-17-7-5-16(6-8-17)23-38-41(28(47)40(23)14-21(44)29(31,32)33)15-22-36-25(27(46)39-12-2-3-19(43)13-39)42(37-22)24-20(4-1-11-34-24)26(45)35-18-9-10-18/h1,4-8,11,18,21,44H,2-3,9-10,12-15H2,(H,35,45)/t21-/m0/s1. The summed E-state index contributed by atoms with van der Waals surface area (Å²) in [5, 5.41) is 21.6. The molecular weight excluding hydrogens is 647 g/mol. The van der Waals surface area contributed by atoms with E-state index in [2.05, 4.69) is 25.5 Å². The number of piperidine rings is 1. The summed E-state index contributed by atoms with van der Waals surface area (Å²) >= 11 is 5.96. The van der Waals surface area contributed by atoms with Gasteiger partial charge in [0.2, 0.25) is 5.82 Å². The highest BCUT2D eigenvalue weighted by molar-refractivity contribution is 6.30. The Morgan fingerprint density at radius 2 is 1.85 bits per heavy atom. The Morgan fingerprint density at radius 1 is 1.11 bits per heavy atom. The van der Waals surface area contributed by atoms with Crippen LogP contribution >= 0.6 is 11.6 Å². The van der Waals surface area contributed by atoms with Crippen molar-refractivity contribution < 1.29 is 32.7 Å². The van der Waals surface area contributed by atoms with E-state index < -0.39 is 42.9 Å². The molecule has 6 rings (SSSR count). The number of aliphatic hydroxyl groups is 1. The maximum Gasteiger partial charge on any atom is 0.416 e. The van der Waals surface area contributed by atoms with Crippen LogP contribution in [-0.2, 0) is 17.9 Å².